The van der Waals surface area contributed by atoms with E-state index in [4.69, 9.17) is 16.3 Å². The number of rotatable bonds is 2. The van der Waals surface area contributed by atoms with Gasteiger partial charge in [-0.15, -0.1) is 0 Å². The van der Waals surface area contributed by atoms with Gasteiger partial charge in [-0.3, -0.25) is 4.79 Å². The number of hydrogen-bond acceptors (Lipinski definition) is 4. The van der Waals surface area contributed by atoms with Crippen LogP contribution in [-0.2, 0) is 4.74 Å². The van der Waals surface area contributed by atoms with E-state index in [1.54, 1.807) is 13.1 Å². The van der Waals surface area contributed by atoms with Crippen molar-refractivity contribution in [3.05, 3.63) is 22.8 Å². The van der Waals surface area contributed by atoms with Crippen LogP contribution in [0.5, 0.6) is 0 Å². The number of pyridine rings is 1. The number of halogens is 1. The van der Waals surface area contributed by atoms with Crippen molar-refractivity contribution in [2.75, 3.05) is 25.5 Å². The Morgan fingerprint density at radius 3 is 3.10 bits per heavy atom. The minimum atomic E-state index is -0.0147. The molecule has 2 aliphatic rings. The molecule has 114 valence electrons. The zero-order chi connectivity index (χ0) is 14.8. The highest BCUT2D eigenvalue weighted by molar-refractivity contribution is 6.33. The number of morpholine rings is 1. The maximum absolute atomic E-state index is 12.9. The molecule has 1 saturated carbocycles. The highest BCUT2D eigenvalue weighted by Crippen LogP contribution is 2.30. The summed E-state index contributed by atoms with van der Waals surface area (Å²) in [7, 11) is 1.77. The molecule has 0 radical (unpaired) electrons. The first-order valence-electron chi connectivity index (χ1n) is 7.46. The first kappa shape index (κ1) is 14.6. The van der Waals surface area contributed by atoms with Gasteiger partial charge in [0.05, 0.1) is 29.3 Å². The number of amides is 1. The normalized spacial score (nSPS) is 25.3. The topological polar surface area (TPSA) is 54.5 Å². The molecule has 1 aromatic heterocycles. The monoisotopic (exact) mass is 309 g/mol. The summed E-state index contributed by atoms with van der Waals surface area (Å²) in [6.45, 7) is 1.24. The van der Waals surface area contributed by atoms with Gasteiger partial charge in [0, 0.05) is 19.8 Å². The molecule has 0 spiro atoms. The highest BCUT2D eigenvalue weighted by atomic mass is 35.5. The number of ether oxygens (including phenoxy) is 1. The summed E-state index contributed by atoms with van der Waals surface area (Å²) < 4.78 is 5.82. The molecule has 2 fully saturated rings. The van der Waals surface area contributed by atoms with Gasteiger partial charge in [0.2, 0.25) is 0 Å². The molecule has 2 atom stereocenters. The Morgan fingerprint density at radius 2 is 2.29 bits per heavy atom. The Balaban J connectivity index is 1.86. The van der Waals surface area contributed by atoms with Crippen LogP contribution in [-0.4, -0.2) is 48.1 Å². The van der Waals surface area contributed by atoms with Gasteiger partial charge in [-0.2, -0.15) is 0 Å². The summed E-state index contributed by atoms with van der Waals surface area (Å²) in [6.07, 6.45) is 6.10. The lowest BCUT2D eigenvalue weighted by molar-refractivity contribution is -0.0752. The van der Waals surface area contributed by atoms with Gasteiger partial charge in [0.25, 0.3) is 5.91 Å². The summed E-state index contributed by atoms with van der Waals surface area (Å²) in [5.74, 6) is 0.635. The minimum absolute atomic E-state index is 0.0147. The molecule has 2 unspecified atom stereocenters. The van der Waals surface area contributed by atoms with E-state index >= 15 is 0 Å². The zero-order valence-electron chi connectivity index (χ0n) is 12.1. The lowest BCUT2D eigenvalue weighted by atomic mass is 9.90. The first-order valence-corrected chi connectivity index (χ1v) is 7.84. The number of fused-ring (bicyclic) bond motifs is 1. The molecule has 1 aliphatic carbocycles. The average molecular weight is 310 g/mol. The van der Waals surface area contributed by atoms with Crippen LogP contribution < -0.4 is 5.32 Å². The fourth-order valence-corrected chi connectivity index (χ4v) is 3.43. The SMILES string of the molecule is CNc1cc(C(=O)N2CCOC3CCCCC32)c(Cl)cn1. The number of carbonyl (C=O) groups is 1. The van der Waals surface area contributed by atoms with Crippen LogP contribution in [0.2, 0.25) is 5.02 Å². The van der Waals surface area contributed by atoms with Crippen molar-refractivity contribution in [1.82, 2.24) is 9.88 Å². The molecule has 3 rings (SSSR count). The number of anilines is 1. The second-order valence-electron chi connectivity index (χ2n) is 5.56. The lowest BCUT2D eigenvalue weighted by Gasteiger charge is -2.43. The molecule has 21 heavy (non-hydrogen) atoms. The number of aromatic nitrogens is 1. The van der Waals surface area contributed by atoms with E-state index in [9.17, 15) is 4.79 Å². The van der Waals surface area contributed by atoms with E-state index in [0.29, 0.717) is 29.6 Å². The molecule has 5 nitrogen and oxygen atoms in total. The summed E-state index contributed by atoms with van der Waals surface area (Å²) in [5, 5.41) is 3.34. The molecule has 1 aromatic rings. The highest BCUT2D eigenvalue weighted by Gasteiger charge is 2.37. The van der Waals surface area contributed by atoms with Gasteiger partial charge in [0.1, 0.15) is 5.82 Å². The molecular weight excluding hydrogens is 290 g/mol. The second-order valence-corrected chi connectivity index (χ2v) is 5.97. The van der Waals surface area contributed by atoms with Crippen molar-refractivity contribution in [3.63, 3.8) is 0 Å². The average Bonchev–Trinajstić information content (AvgIpc) is 2.54. The smallest absolute Gasteiger partial charge is 0.255 e. The van der Waals surface area contributed by atoms with Crippen LogP contribution >= 0.6 is 11.6 Å². The van der Waals surface area contributed by atoms with Crippen molar-refractivity contribution < 1.29 is 9.53 Å². The number of nitrogens with zero attached hydrogens (tertiary/aromatic N) is 2. The van der Waals surface area contributed by atoms with E-state index in [0.717, 1.165) is 19.3 Å². The second kappa shape index (κ2) is 6.20. The molecule has 0 bridgehead atoms. The summed E-state index contributed by atoms with van der Waals surface area (Å²) in [6, 6.07) is 1.90. The van der Waals surface area contributed by atoms with Crippen LogP contribution in [0, 0.1) is 0 Å². The number of nitrogens with one attached hydrogen (secondary N) is 1. The van der Waals surface area contributed by atoms with Crippen molar-refractivity contribution in [2.45, 2.75) is 37.8 Å². The summed E-state index contributed by atoms with van der Waals surface area (Å²) in [4.78, 5) is 18.9. The molecule has 1 saturated heterocycles. The minimum Gasteiger partial charge on any atom is -0.374 e. The third-order valence-electron chi connectivity index (χ3n) is 4.33. The first-order chi connectivity index (χ1) is 10.2. The molecule has 6 heteroatoms. The molecule has 1 aliphatic heterocycles. The quantitative estimate of drug-likeness (QED) is 0.912. The number of hydrogen-bond donors (Lipinski definition) is 1. The Kier molecular flexibility index (Phi) is 4.31. The standard InChI is InChI=1S/C15H20ClN3O2/c1-17-14-8-10(11(16)9-18-14)15(20)19-6-7-21-13-5-3-2-4-12(13)19/h8-9,12-13H,2-7H2,1H3,(H,17,18). The molecule has 2 heterocycles. The predicted octanol–water partition coefficient (Wildman–Crippen LogP) is 2.56. The van der Waals surface area contributed by atoms with Crippen LogP contribution in [0.25, 0.3) is 0 Å². The Morgan fingerprint density at radius 1 is 1.48 bits per heavy atom. The zero-order valence-corrected chi connectivity index (χ0v) is 12.9. The van der Waals surface area contributed by atoms with Crippen LogP contribution in [0.4, 0.5) is 5.82 Å². The van der Waals surface area contributed by atoms with Crippen molar-refractivity contribution in [2.24, 2.45) is 0 Å². The fraction of sp³-hybridized carbons (Fsp3) is 0.600. The lowest BCUT2D eigenvalue weighted by Crippen LogP contribution is -2.54. The Hall–Kier alpha value is -1.33. The molecule has 1 N–H and O–H groups in total. The third-order valence-corrected chi connectivity index (χ3v) is 4.64. The summed E-state index contributed by atoms with van der Waals surface area (Å²) in [5.41, 5.74) is 0.516. The van der Waals surface area contributed by atoms with Crippen molar-refractivity contribution in [3.8, 4) is 0 Å². The summed E-state index contributed by atoms with van der Waals surface area (Å²) >= 11 is 6.17. The van der Waals surface area contributed by atoms with E-state index in [1.807, 2.05) is 4.90 Å². The number of carbonyl (C=O) groups excluding carboxylic acids is 1. The largest absolute Gasteiger partial charge is 0.374 e. The van der Waals surface area contributed by atoms with E-state index in [-0.39, 0.29) is 18.1 Å². The third kappa shape index (κ3) is 2.85. The van der Waals surface area contributed by atoms with Gasteiger partial charge in [-0.1, -0.05) is 24.4 Å². The van der Waals surface area contributed by atoms with E-state index < -0.39 is 0 Å². The molecule has 1 amide bonds. The predicted molar refractivity (Wildman–Crippen MR) is 81.8 cm³/mol. The molecule has 0 aromatic carbocycles. The maximum Gasteiger partial charge on any atom is 0.255 e. The Labute approximate surface area is 129 Å². The van der Waals surface area contributed by atoms with Crippen LogP contribution in [0.15, 0.2) is 12.3 Å². The maximum atomic E-state index is 12.9. The van der Waals surface area contributed by atoms with Crippen LogP contribution in [0.1, 0.15) is 36.0 Å². The van der Waals surface area contributed by atoms with Gasteiger partial charge in [0.15, 0.2) is 0 Å². The van der Waals surface area contributed by atoms with Gasteiger partial charge >= 0.3 is 0 Å². The van der Waals surface area contributed by atoms with E-state index in [1.165, 1.54) is 12.6 Å². The van der Waals surface area contributed by atoms with Crippen molar-refractivity contribution >= 4 is 23.3 Å². The van der Waals surface area contributed by atoms with Crippen LogP contribution in [0.3, 0.4) is 0 Å². The molecular formula is C15H20ClN3O2. The van der Waals surface area contributed by atoms with Gasteiger partial charge < -0.3 is 15.0 Å². The van der Waals surface area contributed by atoms with Gasteiger partial charge in [-0.05, 0) is 18.9 Å². The van der Waals surface area contributed by atoms with E-state index in [2.05, 4.69) is 10.3 Å². The van der Waals surface area contributed by atoms with Crippen molar-refractivity contribution in [1.29, 1.82) is 0 Å². The Bertz CT molecular complexity index is 536. The fourth-order valence-electron chi connectivity index (χ4n) is 3.24. The van der Waals surface area contributed by atoms with Gasteiger partial charge in [-0.25, -0.2) is 4.98 Å².